The van der Waals surface area contributed by atoms with E-state index in [1.807, 2.05) is 0 Å². The summed E-state index contributed by atoms with van der Waals surface area (Å²) in [4.78, 5) is 25.0. The average molecular weight is 249 g/mol. The van der Waals surface area contributed by atoms with Crippen molar-refractivity contribution in [2.45, 2.75) is 25.0 Å². The molecule has 0 aromatic heterocycles. The Morgan fingerprint density at radius 3 is 2.72 bits per heavy atom. The third kappa shape index (κ3) is 1.85. The van der Waals surface area contributed by atoms with E-state index < -0.39 is 6.04 Å². The van der Waals surface area contributed by atoms with Gasteiger partial charge in [-0.05, 0) is 17.7 Å². The second-order valence-electron chi connectivity index (χ2n) is 4.66. The lowest BCUT2D eigenvalue weighted by Gasteiger charge is -2.25. The van der Waals surface area contributed by atoms with Crippen molar-refractivity contribution in [3.8, 4) is 0 Å². The number of likely N-dealkylation sites (tertiary alicyclic amines) is 1. The van der Waals surface area contributed by atoms with Crippen LogP contribution in [0.4, 0.5) is 4.39 Å². The molecule has 2 heterocycles. The molecule has 2 saturated heterocycles. The third-order valence-corrected chi connectivity index (χ3v) is 3.41. The summed E-state index contributed by atoms with van der Waals surface area (Å²) >= 11 is 0. The molecule has 0 radical (unpaired) electrons. The predicted molar refractivity (Wildman–Crippen MR) is 60.1 cm³/mol. The first kappa shape index (κ1) is 11.2. The Labute approximate surface area is 103 Å². The van der Waals surface area contributed by atoms with E-state index in [9.17, 15) is 14.0 Å². The summed E-state index contributed by atoms with van der Waals surface area (Å²) < 4.78 is 17.8. The first-order chi connectivity index (χ1) is 8.63. The fourth-order valence-corrected chi connectivity index (χ4v) is 2.50. The molecule has 1 amide bonds. The van der Waals surface area contributed by atoms with Crippen molar-refractivity contribution in [2.75, 3.05) is 6.54 Å². The summed E-state index contributed by atoms with van der Waals surface area (Å²) in [7, 11) is 0. The maximum atomic E-state index is 12.7. The van der Waals surface area contributed by atoms with E-state index >= 15 is 0 Å². The molecule has 1 aromatic carbocycles. The van der Waals surface area contributed by atoms with Crippen LogP contribution in [0.15, 0.2) is 24.3 Å². The topological polar surface area (TPSA) is 46.6 Å². The number of rotatable bonds is 2. The molecule has 0 aliphatic carbocycles. The highest BCUT2D eigenvalue weighted by Crippen LogP contribution is 2.29. The number of halogens is 1. The highest BCUT2D eigenvalue weighted by Gasteiger charge is 2.48. The SMILES string of the molecule is O=C1OC2CC1N(C(=O)Cc1ccc(F)cc1)C2. The van der Waals surface area contributed by atoms with Crippen molar-refractivity contribution < 1.29 is 18.7 Å². The molecule has 2 fully saturated rings. The van der Waals surface area contributed by atoms with Gasteiger partial charge in [0.25, 0.3) is 0 Å². The molecular formula is C13H12FNO3. The number of amides is 1. The number of nitrogens with zero attached hydrogens (tertiary/aromatic N) is 1. The molecule has 0 spiro atoms. The quantitative estimate of drug-likeness (QED) is 0.731. The van der Waals surface area contributed by atoms with Crippen LogP contribution < -0.4 is 0 Å². The molecule has 0 N–H and O–H groups in total. The van der Waals surface area contributed by atoms with E-state index in [4.69, 9.17) is 4.74 Å². The minimum Gasteiger partial charge on any atom is -0.459 e. The van der Waals surface area contributed by atoms with Crippen LogP contribution in [0.2, 0.25) is 0 Å². The maximum Gasteiger partial charge on any atom is 0.329 e. The molecule has 2 aliphatic heterocycles. The van der Waals surface area contributed by atoms with Gasteiger partial charge in [-0.1, -0.05) is 12.1 Å². The van der Waals surface area contributed by atoms with E-state index in [1.54, 1.807) is 17.0 Å². The van der Waals surface area contributed by atoms with Gasteiger partial charge in [-0.2, -0.15) is 0 Å². The number of fused-ring (bicyclic) bond motifs is 2. The Morgan fingerprint density at radius 1 is 1.39 bits per heavy atom. The first-order valence-corrected chi connectivity index (χ1v) is 5.88. The normalized spacial score (nSPS) is 25.4. The van der Waals surface area contributed by atoms with Crippen LogP contribution in [-0.2, 0) is 20.7 Å². The van der Waals surface area contributed by atoms with Gasteiger partial charge in [0, 0.05) is 6.42 Å². The Balaban J connectivity index is 1.69. The molecule has 4 nitrogen and oxygen atoms in total. The van der Waals surface area contributed by atoms with Gasteiger partial charge < -0.3 is 9.64 Å². The molecule has 3 rings (SSSR count). The van der Waals surface area contributed by atoms with Gasteiger partial charge in [0.1, 0.15) is 18.0 Å². The lowest BCUT2D eigenvalue weighted by molar-refractivity contribution is -0.156. The van der Waals surface area contributed by atoms with E-state index in [0.29, 0.717) is 13.0 Å². The highest BCUT2D eigenvalue weighted by atomic mass is 19.1. The number of carbonyl (C=O) groups excluding carboxylic acids is 2. The molecule has 2 aliphatic rings. The van der Waals surface area contributed by atoms with Crippen LogP contribution in [0.1, 0.15) is 12.0 Å². The molecule has 94 valence electrons. The summed E-state index contributed by atoms with van der Waals surface area (Å²) in [5.74, 6) is -0.737. The van der Waals surface area contributed by atoms with Gasteiger partial charge in [-0.15, -0.1) is 0 Å². The van der Waals surface area contributed by atoms with Crippen LogP contribution >= 0.6 is 0 Å². The van der Waals surface area contributed by atoms with Gasteiger partial charge in [0.15, 0.2) is 0 Å². The van der Waals surface area contributed by atoms with Crippen LogP contribution in [0.3, 0.4) is 0 Å². The zero-order chi connectivity index (χ0) is 12.7. The molecule has 18 heavy (non-hydrogen) atoms. The van der Waals surface area contributed by atoms with Crippen LogP contribution in [0, 0.1) is 5.82 Å². The first-order valence-electron chi connectivity index (χ1n) is 5.88. The zero-order valence-corrected chi connectivity index (χ0v) is 9.64. The molecule has 2 unspecified atom stereocenters. The standard InChI is InChI=1S/C13H12FNO3/c14-9-3-1-8(2-4-9)5-12(16)15-7-10-6-11(15)13(17)18-10/h1-4,10-11H,5-7H2. The van der Waals surface area contributed by atoms with Crippen molar-refractivity contribution in [3.05, 3.63) is 35.6 Å². The number of esters is 1. The Morgan fingerprint density at radius 2 is 2.11 bits per heavy atom. The number of benzene rings is 1. The number of carbonyl (C=O) groups is 2. The van der Waals surface area contributed by atoms with Gasteiger partial charge in [0.2, 0.25) is 5.91 Å². The summed E-state index contributed by atoms with van der Waals surface area (Å²) in [6.07, 6.45) is 0.657. The monoisotopic (exact) mass is 249 g/mol. The van der Waals surface area contributed by atoms with E-state index in [0.717, 1.165) is 5.56 Å². The van der Waals surface area contributed by atoms with Crippen LogP contribution in [-0.4, -0.2) is 35.5 Å². The number of morpholine rings is 1. The lowest BCUT2D eigenvalue weighted by atomic mass is 10.1. The van der Waals surface area contributed by atoms with E-state index in [-0.39, 0.29) is 30.2 Å². The molecular weight excluding hydrogens is 237 g/mol. The summed E-state index contributed by atoms with van der Waals surface area (Å²) in [6, 6.07) is 5.41. The van der Waals surface area contributed by atoms with Crippen molar-refractivity contribution in [1.82, 2.24) is 4.90 Å². The Bertz CT molecular complexity index is 499. The number of hydrogen-bond donors (Lipinski definition) is 0. The zero-order valence-electron chi connectivity index (χ0n) is 9.64. The van der Waals surface area contributed by atoms with Gasteiger partial charge in [-0.25, -0.2) is 9.18 Å². The minimum atomic E-state index is -0.414. The van der Waals surface area contributed by atoms with E-state index in [2.05, 4.69) is 0 Å². The fourth-order valence-electron chi connectivity index (χ4n) is 2.50. The average Bonchev–Trinajstić information content (AvgIpc) is 2.90. The van der Waals surface area contributed by atoms with Gasteiger partial charge in [-0.3, -0.25) is 4.79 Å². The molecule has 2 atom stereocenters. The van der Waals surface area contributed by atoms with Gasteiger partial charge >= 0.3 is 5.97 Å². The summed E-state index contributed by atoms with van der Waals surface area (Å²) in [5.41, 5.74) is 0.748. The molecule has 2 bridgehead atoms. The molecule has 0 saturated carbocycles. The molecule has 5 heteroatoms. The van der Waals surface area contributed by atoms with Crippen molar-refractivity contribution in [1.29, 1.82) is 0 Å². The maximum absolute atomic E-state index is 12.7. The molecule has 1 aromatic rings. The number of ether oxygens (including phenoxy) is 1. The van der Waals surface area contributed by atoms with Crippen molar-refractivity contribution in [2.24, 2.45) is 0 Å². The second kappa shape index (κ2) is 4.08. The van der Waals surface area contributed by atoms with Crippen molar-refractivity contribution in [3.63, 3.8) is 0 Å². The summed E-state index contributed by atoms with van der Waals surface area (Å²) in [5, 5.41) is 0. The predicted octanol–water partition coefficient (Wildman–Crippen LogP) is 0.894. The Hall–Kier alpha value is -1.91. The fraction of sp³-hybridized carbons (Fsp3) is 0.385. The van der Waals surface area contributed by atoms with Crippen LogP contribution in [0.25, 0.3) is 0 Å². The third-order valence-electron chi connectivity index (χ3n) is 3.41. The van der Waals surface area contributed by atoms with Crippen molar-refractivity contribution >= 4 is 11.9 Å². The second-order valence-corrected chi connectivity index (χ2v) is 4.66. The van der Waals surface area contributed by atoms with Crippen LogP contribution in [0.5, 0.6) is 0 Å². The smallest absolute Gasteiger partial charge is 0.329 e. The Kier molecular flexibility index (Phi) is 2.54. The van der Waals surface area contributed by atoms with Gasteiger partial charge in [0.05, 0.1) is 13.0 Å². The summed E-state index contributed by atoms with van der Waals surface area (Å²) in [6.45, 7) is 0.483. The largest absolute Gasteiger partial charge is 0.459 e. The minimum absolute atomic E-state index is 0.106. The van der Waals surface area contributed by atoms with E-state index in [1.165, 1.54) is 12.1 Å². The lowest BCUT2D eigenvalue weighted by Crippen LogP contribution is -2.44. The highest BCUT2D eigenvalue weighted by molar-refractivity contribution is 5.88. The number of hydrogen-bond acceptors (Lipinski definition) is 3.